The molecule has 0 aromatic heterocycles. The standard InChI is InChI=1S/C20H30N2O3/c1-15-5-6-19(16(2)12-15)21-20(23)13-22-9-7-17(8-10-22)25-14-18-4-3-11-24-18/h5-6,12,17-18H,3-4,7-11,13-14H2,1-2H3,(H,21,23)/t18-/m0/s1. The Balaban J connectivity index is 1.37. The molecule has 138 valence electrons. The quantitative estimate of drug-likeness (QED) is 0.860. The van der Waals surface area contributed by atoms with E-state index in [0.717, 1.165) is 63.2 Å². The first kappa shape index (κ1) is 18.4. The van der Waals surface area contributed by atoms with Crippen LogP contribution in [0.1, 0.15) is 36.8 Å². The van der Waals surface area contributed by atoms with Gasteiger partial charge in [-0.25, -0.2) is 0 Å². The van der Waals surface area contributed by atoms with E-state index >= 15 is 0 Å². The van der Waals surface area contributed by atoms with Gasteiger partial charge in [-0.2, -0.15) is 0 Å². The molecule has 0 aliphatic carbocycles. The van der Waals surface area contributed by atoms with Crippen LogP contribution >= 0.6 is 0 Å². The van der Waals surface area contributed by atoms with Crippen LogP contribution in [0.5, 0.6) is 0 Å². The maximum absolute atomic E-state index is 12.3. The van der Waals surface area contributed by atoms with Gasteiger partial charge in [0.2, 0.25) is 5.91 Å². The minimum Gasteiger partial charge on any atom is -0.376 e. The monoisotopic (exact) mass is 346 g/mol. The Kier molecular flexibility index (Phi) is 6.45. The zero-order valence-electron chi connectivity index (χ0n) is 15.4. The van der Waals surface area contributed by atoms with Gasteiger partial charge >= 0.3 is 0 Å². The molecule has 1 N–H and O–H groups in total. The van der Waals surface area contributed by atoms with Gasteiger partial charge in [0, 0.05) is 25.4 Å². The van der Waals surface area contributed by atoms with E-state index in [9.17, 15) is 4.79 Å². The Hall–Kier alpha value is -1.43. The molecule has 5 nitrogen and oxygen atoms in total. The van der Waals surface area contributed by atoms with Crippen molar-refractivity contribution in [3.8, 4) is 0 Å². The topological polar surface area (TPSA) is 50.8 Å². The van der Waals surface area contributed by atoms with Gasteiger partial charge in [-0.15, -0.1) is 0 Å². The molecule has 25 heavy (non-hydrogen) atoms. The second kappa shape index (κ2) is 8.79. The number of nitrogens with one attached hydrogen (secondary N) is 1. The number of carbonyl (C=O) groups excluding carboxylic acids is 1. The van der Waals surface area contributed by atoms with Crippen molar-refractivity contribution in [3.63, 3.8) is 0 Å². The van der Waals surface area contributed by atoms with Crippen molar-refractivity contribution >= 4 is 11.6 Å². The number of amides is 1. The lowest BCUT2D eigenvalue weighted by molar-refractivity contribution is -0.118. The third-order valence-electron chi connectivity index (χ3n) is 5.10. The van der Waals surface area contributed by atoms with E-state index in [1.807, 2.05) is 19.1 Å². The van der Waals surface area contributed by atoms with Crippen LogP contribution in [0.3, 0.4) is 0 Å². The van der Waals surface area contributed by atoms with Gasteiger partial charge in [-0.1, -0.05) is 17.7 Å². The Morgan fingerprint density at radius 1 is 1.28 bits per heavy atom. The van der Waals surface area contributed by atoms with E-state index in [1.165, 1.54) is 5.56 Å². The van der Waals surface area contributed by atoms with Gasteiger partial charge in [-0.05, 0) is 51.2 Å². The van der Waals surface area contributed by atoms with E-state index in [1.54, 1.807) is 0 Å². The van der Waals surface area contributed by atoms with Crippen molar-refractivity contribution in [1.29, 1.82) is 0 Å². The summed E-state index contributed by atoms with van der Waals surface area (Å²) in [6, 6.07) is 6.10. The van der Waals surface area contributed by atoms with Gasteiger partial charge in [0.1, 0.15) is 0 Å². The third-order valence-corrected chi connectivity index (χ3v) is 5.10. The minimum absolute atomic E-state index is 0.0608. The molecule has 0 unspecified atom stereocenters. The summed E-state index contributed by atoms with van der Waals surface area (Å²) >= 11 is 0. The van der Waals surface area contributed by atoms with Crippen molar-refractivity contribution in [1.82, 2.24) is 4.90 Å². The number of benzene rings is 1. The summed E-state index contributed by atoms with van der Waals surface area (Å²) in [5.41, 5.74) is 3.22. The lowest BCUT2D eigenvalue weighted by Gasteiger charge is -2.31. The van der Waals surface area contributed by atoms with Crippen molar-refractivity contribution in [3.05, 3.63) is 29.3 Å². The average Bonchev–Trinajstić information content (AvgIpc) is 3.10. The minimum atomic E-state index is 0.0608. The van der Waals surface area contributed by atoms with E-state index in [4.69, 9.17) is 9.47 Å². The van der Waals surface area contributed by atoms with Crippen molar-refractivity contribution < 1.29 is 14.3 Å². The SMILES string of the molecule is Cc1ccc(NC(=O)CN2CCC(OC[C@@H]3CCCO3)CC2)c(C)c1. The number of likely N-dealkylation sites (tertiary alicyclic amines) is 1. The van der Waals surface area contributed by atoms with E-state index in [-0.39, 0.29) is 5.91 Å². The largest absolute Gasteiger partial charge is 0.376 e. The lowest BCUT2D eigenvalue weighted by atomic mass is 10.1. The van der Waals surface area contributed by atoms with Crippen LogP contribution in [0.25, 0.3) is 0 Å². The fourth-order valence-electron chi connectivity index (χ4n) is 3.60. The summed E-state index contributed by atoms with van der Waals surface area (Å²) in [5, 5.41) is 3.03. The molecule has 5 heteroatoms. The lowest BCUT2D eigenvalue weighted by Crippen LogP contribution is -2.41. The Bertz CT molecular complexity index is 576. The van der Waals surface area contributed by atoms with Crippen LogP contribution in [0.15, 0.2) is 18.2 Å². The van der Waals surface area contributed by atoms with Crippen LogP contribution in [0.2, 0.25) is 0 Å². The molecule has 0 saturated carbocycles. The number of hydrogen-bond acceptors (Lipinski definition) is 4. The molecule has 3 rings (SSSR count). The Labute approximate surface area is 150 Å². The molecule has 0 spiro atoms. The first-order valence-electron chi connectivity index (χ1n) is 9.43. The molecule has 0 radical (unpaired) electrons. The second-order valence-corrected chi connectivity index (χ2v) is 7.31. The average molecular weight is 346 g/mol. The smallest absolute Gasteiger partial charge is 0.238 e. The fraction of sp³-hybridized carbons (Fsp3) is 0.650. The summed E-state index contributed by atoms with van der Waals surface area (Å²) in [7, 11) is 0. The van der Waals surface area contributed by atoms with Crippen LogP contribution < -0.4 is 5.32 Å². The van der Waals surface area contributed by atoms with Crippen molar-refractivity contribution in [2.45, 2.75) is 51.7 Å². The van der Waals surface area contributed by atoms with Crippen molar-refractivity contribution in [2.75, 3.05) is 38.2 Å². The maximum atomic E-state index is 12.3. The van der Waals surface area contributed by atoms with Crippen LogP contribution in [0.4, 0.5) is 5.69 Å². The van der Waals surface area contributed by atoms with Gasteiger partial charge in [0.15, 0.2) is 0 Å². The number of rotatable bonds is 6. The Morgan fingerprint density at radius 2 is 2.08 bits per heavy atom. The third kappa shape index (κ3) is 5.53. The predicted molar refractivity (Wildman–Crippen MR) is 98.9 cm³/mol. The molecule has 2 aliphatic heterocycles. The number of anilines is 1. The molecule has 1 amide bonds. The molecule has 1 aromatic carbocycles. The van der Waals surface area contributed by atoms with Gasteiger partial charge in [0.05, 0.1) is 25.4 Å². The molecule has 1 aromatic rings. The summed E-state index contributed by atoms with van der Waals surface area (Å²) in [6.07, 6.45) is 4.86. The molecule has 2 saturated heterocycles. The highest BCUT2D eigenvalue weighted by molar-refractivity contribution is 5.93. The van der Waals surface area contributed by atoms with Gasteiger partial charge in [-0.3, -0.25) is 9.69 Å². The van der Waals surface area contributed by atoms with E-state index in [2.05, 4.69) is 23.2 Å². The molecular weight excluding hydrogens is 316 g/mol. The molecule has 2 heterocycles. The summed E-state index contributed by atoms with van der Waals surface area (Å²) in [6.45, 7) is 7.96. The first-order valence-corrected chi connectivity index (χ1v) is 9.43. The Morgan fingerprint density at radius 3 is 2.76 bits per heavy atom. The zero-order chi connectivity index (χ0) is 17.6. The first-order chi connectivity index (χ1) is 12.1. The number of nitrogens with zero attached hydrogens (tertiary/aromatic N) is 1. The van der Waals surface area contributed by atoms with Crippen LogP contribution in [-0.2, 0) is 14.3 Å². The summed E-state index contributed by atoms with van der Waals surface area (Å²) < 4.78 is 11.6. The van der Waals surface area contributed by atoms with Crippen LogP contribution in [0, 0.1) is 13.8 Å². The number of piperidine rings is 1. The summed E-state index contributed by atoms with van der Waals surface area (Å²) in [5.74, 6) is 0.0608. The normalized spacial score (nSPS) is 22.2. The molecular formula is C20H30N2O3. The number of carbonyl (C=O) groups is 1. The number of ether oxygens (including phenoxy) is 2. The molecule has 0 bridgehead atoms. The summed E-state index contributed by atoms with van der Waals surface area (Å²) in [4.78, 5) is 14.5. The van der Waals surface area contributed by atoms with E-state index < -0.39 is 0 Å². The maximum Gasteiger partial charge on any atom is 0.238 e. The highest BCUT2D eigenvalue weighted by atomic mass is 16.5. The highest BCUT2D eigenvalue weighted by Crippen LogP contribution is 2.19. The number of hydrogen-bond donors (Lipinski definition) is 1. The zero-order valence-corrected chi connectivity index (χ0v) is 15.4. The predicted octanol–water partition coefficient (Wildman–Crippen LogP) is 2.90. The van der Waals surface area contributed by atoms with Crippen molar-refractivity contribution in [2.24, 2.45) is 0 Å². The highest BCUT2D eigenvalue weighted by Gasteiger charge is 2.23. The fourth-order valence-corrected chi connectivity index (χ4v) is 3.60. The molecule has 1 atom stereocenters. The molecule has 2 fully saturated rings. The molecule has 2 aliphatic rings. The number of aryl methyl sites for hydroxylation is 2. The van der Waals surface area contributed by atoms with Crippen LogP contribution in [-0.4, -0.2) is 55.9 Å². The second-order valence-electron chi connectivity index (χ2n) is 7.31. The van der Waals surface area contributed by atoms with Gasteiger partial charge in [0.25, 0.3) is 0 Å². The van der Waals surface area contributed by atoms with Gasteiger partial charge < -0.3 is 14.8 Å². The van der Waals surface area contributed by atoms with E-state index in [0.29, 0.717) is 18.8 Å².